The van der Waals surface area contributed by atoms with Crippen molar-refractivity contribution in [2.45, 2.75) is 25.2 Å². The van der Waals surface area contributed by atoms with Crippen molar-refractivity contribution in [3.8, 4) is 0 Å². The van der Waals surface area contributed by atoms with Crippen LogP contribution in [0.15, 0.2) is 17.3 Å². The van der Waals surface area contributed by atoms with Crippen molar-refractivity contribution < 1.29 is 13.2 Å². The van der Waals surface area contributed by atoms with Crippen LogP contribution in [0.2, 0.25) is 0 Å². The fraction of sp³-hybridized carbons (Fsp3) is 0.545. The summed E-state index contributed by atoms with van der Waals surface area (Å²) in [5, 5.41) is 5.45. The molecule has 1 heterocycles. The molecule has 0 aliphatic carbocycles. The van der Waals surface area contributed by atoms with Gasteiger partial charge < -0.3 is 10.6 Å². The number of nitrogens with one attached hydrogen (secondary N) is 3. The van der Waals surface area contributed by atoms with Gasteiger partial charge in [0.25, 0.3) is 0 Å². The van der Waals surface area contributed by atoms with E-state index in [4.69, 9.17) is 0 Å². The van der Waals surface area contributed by atoms with E-state index in [0.717, 1.165) is 13.0 Å². The summed E-state index contributed by atoms with van der Waals surface area (Å²) in [6.45, 7) is 4.43. The van der Waals surface area contributed by atoms with Gasteiger partial charge in [0.05, 0.1) is 12.4 Å². The first-order chi connectivity index (χ1) is 9.45. The lowest BCUT2D eigenvalue weighted by molar-refractivity contribution is -0.118. The van der Waals surface area contributed by atoms with E-state index in [1.54, 1.807) is 0 Å². The molecule has 9 heteroatoms. The van der Waals surface area contributed by atoms with E-state index in [2.05, 4.69) is 25.3 Å². The summed E-state index contributed by atoms with van der Waals surface area (Å²) in [6, 6.07) is 0. The minimum absolute atomic E-state index is 0.0117. The summed E-state index contributed by atoms with van der Waals surface area (Å²) in [4.78, 5) is 18.5. The molecule has 0 unspecified atom stereocenters. The molecular weight excluding hydrogens is 282 g/mol. The van der Waals surface area contributed by atoms with Gasteiger partial charge in [0.1, 0.15) is 4.90 Å². The number of nitrogens with zero attached hydrogens (tertiary/aromatic N) is 2. The quantitative estimate of drug-likeness (QED) is 0.569. The molecule has 0 aliphatic heterocycles. The second-order valence-corrected chi connectivity index (χ2v) is 5.82. The molecule has 0 fully saturated rings. The SMILES string of the molecule is CCCNc1ncc(S(=O)(=O)NCCNC(C)=O)cn1. The lowest BCUT2D eigenvalue weighted by atomic mass is 10.5. The third-order valence-electron chi connectivity index (χ3n) is 2.26. The van der Waals surface area contributed by atoms with Crippen molar-refractivity contribution in [3.63, 3.8) is 0 Å². The van der Waals surface area contributed by atoms with E-state index in [-0.39, 0.29) is 23.9 Å². The predicted octanol–water partition coefficient (Wildman–Crippen LogP) is -0.287. The average molecular weight is 301 g/mol. The molecule has 0 bridgehead atoms. The molecule has 0 atom stereocenters. The Bertz CT molecular complexity index is 529. The van der Waals surface area contributed by atoms with Crippen LogP contribution in [0.3, 0.4) is 0 Å². The minimum Gasteiger partial charge on any atom is -0.355 e. The van der Waals surface area contributed by atoms with Crippen LogP contribution in [-0.2, 0) is 14.8 Å². The van der Waals surface area contributed by atoms with Gasteiger partial charge in [-0.2, -0.15) is 0 Å². The fourth-order valence-electron chi connectivity index (χ4n) is 1.29. The molecule has 20 heavy (non-hydrogen) atoms. The number of carbonyl (C=O) groups is 1. The maximum Gasteiger partial charge on any atom is 0.243 e. The Hall–Kier alpha value is -1.74. The van der Waals surface area contributed by atoms with Crippen LogP contribution < -0.4 is 15.4 Å². The zero-order valence-electron chi connectivity index (χ0n) is 11.5. The molecule has 0 aromatic carbocycles. The molecule has 8 nitrogen and oxygen atoms in total. The Morgan fingerprint density at radius 1 is 1.20 bits per heavy atom. The van der Waals surface area contributed by atoms with Gasteiger partial charge in [-0.05, 0) is 6.42 Å². The van der Waals surface area contributed by atoms with Gasteiger partial charge in [0, 0.05) is 26.6 Å². The zero-order valence-corrected chi connectivity index (χ0v) is 12.3. The van der Waals surface area contributed by atoms with E-state index in [1.165, 1.54) is 19.3 Å². The number of anilines is 1. The van der Waals surface area contributed by atoms with Crippen LogP contribution in [0.4, 0.5) is 5.95 Å². The summed E-state index contributed by atoms with van der Waals surface area (Å²) >= 11 is 0. The molecule has 3 N–H and O–H groups in total. The van der Waals surface area contributed by atoms with Crippen molar-refractivity contribution in [2.75, 3.05) is 25.0 Å². The zero-order chi connectivity index (χ0) is 15.0. The number of hydrogen-bond acceptors (Lipinski definition) is 6. The Morgan fingerprint density at radius 3 is 2.40 bits per heavy atom. The average Bonchev–Trinajstić information content (AvgIpc) is 2.42. The first-order valence-electron chi connectivity index (χ1n) is 6.25. The second-order valence-electron chi connectivity index (χ2n) is 4.05. The van der Waals surface area contributed by atoms with Crippen LogP contribution in [0, 0.1) is 0 Å². The summed E-state index contributed by atoms with van der Waals surface area (Å²) in [6.07, 6.45) is 3.41. The maximum atomic E-state index is 11.9. The van der Waals surface area contributed by atoms with Crippen molar-refractivity contribution in [3.05, 3.63) is 12.4 Å². The summed E-state index contributed by atoms with van der Waals surface area (Å²) < 4.78 is 26.1. The molecule has 0 radical (unpaired) electrons. The highest BCUT2D eigenvalue weighted by molar-refractivity contribution is 7.89. The van der Waals surface area contributed by atoms with Gasteiger partial charge in [0.15, 0.2) is 0 Å². The van der Waals surface area contributed by atoms with E-state index < -0.39 is 10.0 Å². The van der Waals surface area contributed by atoms with Crippen LogP contribution in [-0.4, -0.2) is 43.9 Å². The summed E-state index contributed by atoms with van der Waals surface area (Å²) in [5.74, 6) is 0.183. The highest BCUT2D eigenvalue weighted by Crippen LogP contribution is 2.06. The van der Waals surface area contributed by atoms with Gasteiger partial charge in [0.2, 0.25) is 21.9 Å². The Labute approximate surface area is 118 Å². The first-order valence-corrected chi connectivity index (χ1v) is 7.74. The van der Waals surface area contributed by atoms with Gasteiger partial charge >= 0.3 is 0 Å². The fourth-order valence-corrected chi connectivity index (χ4v) is 2.21. The van der Waals surface area contributed by atoms with Crippen molar-refractivity contribution in [1.29, 1.82) is 0 Å². The standard InChI is InChI=1S/C11H19N5O3S/c1-3-4-13-11-14-7-10(8-15-11)20(18,19)16-6-5-12-9(2)17/h7-8,16H,3-6H2,1-2H3,(H,12,17)(H,13,14,15). The van der Waals surface area contributed by atoms with Crippen molar-refractivity contribution in [1.82, 2.24) is 20.0 Å². The molecule has 0 aliphatic rings. The lowest BCUT2D eigenvalue weighted by Gasteiger charge is -2.07. The van der Waals surface area contributed by atoms with Gasteiger partial charge in [-0.1, -0.05) is 6.92 Å². The first kappa shape index (κ1) is 16.3. The van der Waals surface area contributed by atoms with E-state index in [1.807, 2.05) is 6.92 Å². The Kier molecular flexibility index (Phi) is 6.32. The molecule has 0 saturated carbocycles. The second kappa shape index (κ2) is 7.75. The van der Waals surface area contributed by atoms with Gasteiger partial charge in [-0.15, -0.1) is 0 Å². The van der Waals surface area contributed by atoms with Crippen LogP contribution in [0.5, 0.6) is 0 Å². The van der Waals surface area contributed by atoms with E-state index >= 15 is 0 Å². The van der Waals surface area contributed by atoms with Gasteiger partial charge in [-0.3, -0.25) is 4.79 Å². The van der Waals surface area contributed by atoms with E-state index in [9.17, 15) is 13.2 Å². The summed E-state index contributed by atoms with van der Waals surface area (Å²) in [5.41, 5.74) is 0. The van der Waals surface area contributed by atoms with Crippen molar-refractivity contribution in [2.24, 2.45) is 0 Å². The largest absolute Gasteiger partial charge is 0.355 e. The Balaban J connectivity index is 2.56. The van der Waals surface area contributed by atoms with Crippen LogP contribution >= 0.6 is 0 Å². The molecule has 1 amide bonds. The number of rotatable bonds is 8. The smallest absolute Gasteiger partial charge is 0.243 e. The molecule has 1 rings (SSSR count). The number of amides is 1. The predicted molar refractivity (Wildman–Crippen MR) is 74.7 cm³/mol. The lowest BCUT2D eigenvalue weighted by Crippen LogP contribution is -2.33. The molecular formula is C11H19N5O3S. The summed E-state index contributed by atoms with van der Waals surface area (Å²) in [7, 11) is -3.65. The topological polar surface area (TPSA) is 113 Å². The Morgan fingerprint density at radius 2 is 1.85 bits per heavy atom. The molecule has 0 saturated heterocycles. The normalized spacial score (nSPS) is 11.1. The minimum atomic E-state index is -3.65. The molecule has 1 aromatic rings. The molecule has 1 aromatic heterocycles. The van der Waals surface area contributed by atoms with Gasteiger partial charge in [-0.25, -0.2) is 23.1 Å². The van der Waals surface area contributed by atoms with E-state index in [0.29, 0.717) is 5.95 Å². The number of hydrogen-bond donors (Lipinski definition) is 3. The molecule has 0 spiro atoms. The highest BCUT2D eigenvalue weighted by atomic mass is 32.2. The monoisotopic (exact) mass is 301 g/mol. The third-order valence-corrected chi connectivity index (χ3v) is 3.68. The molecule has 112 valence electrons. The van der Waals surface area contributed by atoms with Crippen LogP contribution in [0.25, 0.3) is 0 Å². The number of carbonyl (C=O) groups excluding carboxylic acids is 1. The highest BCUT2D eigenvalue weighted by Gasteiger charge is 2.14. The maximum absolute atomic E-state index is 11.9. The third kappa shape index (κ3) is 5.49. The number of sulfonamides is 1. The van der Waals surface area contributed by atoms with Crippen molar-refractivity contribution >= 4 is 21.9 Å². The number of aromatic nitrogens is 2. The van der Waals surface area contributed by atoms with Crippen LogP contribution in [0.1, 0.15) is 20.3 Å².